The molecule has 0 radical (unpaired) electrons. The standard InChI is InChI=1S/C16H22O2/c1-3-7-15(17)13-10-11-16(18-4-2)14-9-6-5-8-12(13)14/h10-11H,3-9H2,1-2H3. The number of carbonyl (C=O) groups is 1. The normalized spacial score (nSPS) is 14.1. The van der Waals surface area contributed by atoms with Crippen LogP contribution in [0.3, 0.4) is 0 Å². The summed E-state index contributed by atoms with van der Waals surface area (Å²) in [6.45, 7) is 4.75. The second-order valence-corrected chi connectivity index (χ2v) is 4.88. The molecule has 0 atom stereocenters. The summed E-state index contributed by atoms with van der Waals surface area (Å²) in [6.07, 6.45) is 6.05. The third-order valence-corrected chi connectivity index (χ3v) is 3.57. The summed E-state index contributed by atoms with van der Waals surface area (Å²) < 4.78 is 5.69. The van der Waals surface area contributed by atoms with Crippen LogP contribution in [0.1, 0.15) is 61.0 Å². The molecule has 2 nitrogen and oxygen atoms in total. The Balaban J connectivity index is 2.40. The number of carbonyl (C=O) groups excluding carboxylic acids is 1. The number of benzene rings is 1. The average Bonchev–Trinajstić information content (AvgIpc) is 2.39. The van der Waals surface area contributed by atoms with Crippen molar-refractivity contribution >= 4 is 5.78 Å². The molecule has 0 N–H and O–H groups in total. The molecule has 18 heavy (non-hydrogen) atoms. The predicted octanol–water partition coefficient (Wildman–Crippen LogP) is 3.95. The molecule has 98 valence electrons. The molecule has 0 saturated heterocycles. The zero-order chi connectivity index (χ0) is 13.0. The molecule has 0 aromatic heterocycles. The maximum atomic E-state index is 12.1. The van der Waals surface area contributed by atoms with Crippen LogP contribution >= 0.6 is 0 Å². The molecule has 1 aromatic carbocycles. The lowest BCUT2D eigenvalue weighted by Crippen LogP contribution is -2.12. The molecule has 0 unspecified atom stereocenters. The fourth-order valence-corrected chi connectivity index (χ4v) is 2.75. The van der Waals surface area contributed by atoms with Crippen LogP contribution in [0.15, 0.2) is 12.1 Å². The Kier molecular flexibility index (Phi) is 4.40. The highest BCUT2D eigenvalue weighted by atomic mass is 16.5. The van der Waals surface area contributed by atoms with Gasteiger partial charge >= 0.3 is 0 Å². The van der Waals surface area contributed by atoms with Crippen LogP contribution in [0.2, 0.25) is 0 Å². The monoisotopic (exact) mass is 246 g/mol. The average molecular weight is 246 g/mol. The smallest absolute Gasteiger partial charge is 0.163 e. The van der Waals surface area contributed by atoms with E-state index in [2.05, 4.69) is 6.92 Å². The minimum absolute atomic E-state index is 0.290. The summed E-state index contributed by atoms with van der Waals surface area (Å²) in [6, 6.07) is 3.95. The zero-order valence-electron chi connectivity index (χ0n) is 11.4. The van der Waals surface area contributed by atoms with Crippen molar-refractivity contribution in [3.8, 4) is 5.75 Å². The number of ketones is 1. The first-order chi connectivity index (χ1) is 8.77. The van der Waals surface area contributed by atoms with E-state index >= 15 is 0 Å². The number of Topliss-reactive ketones (excluding diaryl/α,β-unsaturated/α-hetero) is 1. The highest BCUT2D eigenvalue weighted by molar-refractivity contribution is 5.98. The second-order valence-electron chi connectivity index (χ2n) is 4.88. The van der Waals surface area contributed by atoms with E-state index < -0.39 is 0 Å². The second kappa shape index (κ2) is 6.03. The van der Waals surface area contributed by atoms with Gasteiger partial charge in [0.25, 0.3) is 0 Å². The minimum atomic E-state index is 0.290. The lowest BCUT2D eigenvalue weighted by molar-refractivity contribution is 0.0980. The molecule has 0 saturated carbocycles. The first kappa shape index (κ1) is 13.1. The van der Waals surface area contributed by atoms with Gasteiger partial charge in [-0.15, -0.1) is 0 Å². The first-order valence-corrected chi connectivity index (χ1v) is 7.08. The molecule has 0 amide bonds. The van der Waals surface area contributed by atoms with E-state index in [0.29, 0.717) is 18.8 Å². The van der Waals surface area contributed by atoms with E-state index in [1.54, 1.807) is 0 Å². The molecule has 1 aliphatic rings. The Morgan fingerprint density at radius 2 is 1.89 bits per heavy atom. The van der Waals surface area contributed by atoms with E-state index in [1.807, 2.05) is 19.1 Å². The van der Waals surface area contributed by atoms with Gasteiger partial charge in [0.05, 0.1) is 6.61 Å². The van der Waals surface area contributed by atoms with Crippen molar-refractivity contribution in [2.75, 3.05) is 6.61 Å². The van der Waals surface area contributed by atoms with Crippen molar-refractivity contribution in [2.45, 2.75) is 52.4 Å². The molecule has 2 rings (SSSR count). The van der Waals surface area contributed by atoms with Gasteiger partial charge in [-0.3, -0.25) is 4.79 Å². The summed E-state index contributed by atoms with van der Waals surface area (Å²) in [5.41, 5.74) is 3.48. The van der Waals surface area contributed by atoms with Crippen molar-refractivity contribution in [3.63, 3.8) is 0 Å². The van der Waals surface area contributed by atoms with Crippen LogP contribution in [0.25, 0.3) is 0 Å². The number of fused-ring (bicyclic) bond motifs is 1. The lowest BCUT2D eigenvalue weighted by atomic mass is 9.85. The Morgan fingerprint density at radius 1 is 1.17 bits per heavy atom. The summed E-state index contributed by atoms with van der Waals surface area (Å²) in [5, 5.41) is 0. The van der Waals surface area contributed by atoms with E-state index in [4.69, 9.17) is 4.74 Å². The number of rotatable bonds is 5. The van der Waals surface area contributed by atoms with E-state index in [1.165, 1.54) is 24.0 Å². The van der Waals surface area contributed by atoms with E-state index in [0.717, 1.165) is 30.6 Å². The molecule has 0 bridgehead atoms. The van der Waals surface area contributed by atoms with Crippen molar-refractivity contribution in [1.82, 2.24) is 0 Å². The Bertz CT molecular complexity index is 435. The van der Waals surface area contributed by atoms with Crippen LogP contribution in [0.4, 0.5) is 0 Å². The SMILES string of the molecule is CCCC(=O)c1ccc(OCC)c2c1CCCC2. The fraction of sp³-hybridized carbons (Fsp3) is 0.562. The molecule has 2 heteroatoms. The van der Waals surface area contributed by atoms with Gasteiger partial charge < -0.3 is 4.74 Å². The third-order valence-electron chi connectivity index (χ3n) is 3.57. The molecular weight excluding hydrogens is 224 g/mol. The molecule has 0 heterocycles. The van der Waals surface area contributed by atoms with Gasteiger partial charge in [-0.2, -0.15) is 0 Å². The van der Waals surface area contributed by atoms with Crippen molar-refractivity contribution in [1.29, 1.82) is 0 Å². The summed E-state index contributed by atoms with van der Waals surface area (Å²) in [4.78, 5) is 12.1. The maximum absolute atomic E-state index is 12.1. The van der Waals surface area contributed by atoms with Gasteiger partial charge in [-0.1, -0.05) is 6.92 Å². The van der Waals surface area contributed by atoms with Crippen molar-refractivity contribution in [3.05, 3.63) is 28.8 Å². The van der Waals surface area contributed by atoms with Crippen molar-refractivity contribution in [2.24, 2.45) is 0 Å². The number of ether oxygens (including phenoxy) is 1. The van der Waals surface area contributed by atoms with Gasteiger partial charge in [0.15, 0.2) is 5.78 Å². The third kappa shape index (κ3) is 2.58. The van der Waals surface area contributed by atoms with Crippen molar-refractivity contribution < 1.29 is 9.53 Å². The molecule has 0 aliphatic heterocycles. The van der Waals surface area contributed by atoms with Crippen LogP contribution < -0.4 is 4.74 Å². The summed E-state index contributed by atoms with van der Waals surface area (Å²) in [5.74, 6) is 1.28. The van der Waals surface area contributed by atoms with Gasteiger partial charge in [0.2, 0.25) is 0 Å². The lowest BCUT2D eigenvalue weighted by Gasteiger charge is -2.22. The van der Waals surface area contributed by atoms with Crippen LogP contribution in [0.5, 0.6) is 5.75 Å². The summed E-state index contributed by atoms with van der Waals surface area (Å²) in [7, 11) is 0. The Morgan fingerprint density at radius 3 is 2.56 bits per heavy atom. The van der Waals surface area contributed by atoms with E-state index in [9.17, 15) is 4.79 Å². The highest BCUT2D eigenvalue weighted by Crippen LogP contribution is 2.33. The van der Waals surface area contributed by atoms with Gasteiger partial charge in [0, 0.05) is 12.0 Å². The number of hydrogen-bond acceptors (Lipinski definition) is 2. The Hall–Kier alpha value is -1.31. The molecule has 1 aliphatic carbocycles. The molecule has 0 fully saturated rings. The van der Waals surface area contributed by atoms with Crippen LogP contribution in [-0.4, -0.2) is 12.4 Å². The maximum Gasteiger partial charge on any atom is 0.163 e. The molecular formula is C16H22O2. The highest BCUT2D eigenvalue weighted by Gasteiger charge is 2.20. The number of hydrogen-bond donors (Lipinski definition) is 0. The fourth-order valence-electron chi connectivity index (χ4n) is 2.75. The van der Waals surface area contributed by atoms with Crippen LogP contribution in [-0.2, 0) is 12.8 Å². The summed E-state index contributed by atoms with van der Waals surface area (Å²) >= 11 is 0. The first-order valence-electron chi connectivity index (χ1n) is 7.08. The van der Waals surface area contributed by atoms with Gasteiger partial charge in [-0.25, -0.2) is 0 Å². The van der Waals surface area contributed by atoms with Gasteiger partial charge in [-0.05, 0) is 62.3 Å². The topological polar surface area (TPSA) is 26.3 Å². The Labute approximate surface area is 109 Å². The molecule has 0 spiro atoms. The van der Waals surface area contributed by atoms with Gasteiger partial charge in [0.1, 0.15) is 5.75 Å². The molecule has 1 aromatic rings. The van der Waals surface area contributed by atoms with Crippen LogP contribution in [0, 0.1) is 0 Å². The minimum Gasteiger partial charge on any atom is -0.494 e. The van der Waals surface area contributed by atoms with E-state index in [-0.39, 0.29) is 0 Å². The zero-order valence-corrected chi connectivity index (χ0v) is 11.4. The largest absolute Gasteiger partial charge is 0.494 e. The predicted molar refractivity (Wildman–Crippen MR) is 73.5 cm³/mol. The quantitative estimate of drug-likeness (QED) is 0.735.